The Balaban J connectivity index is 3.07. The summed E-state index contributed by atoms with van der Waals surface area (Å²) in [6, 6.07) is 0. The molecule has 164 valence electrons. The van der Waals surface area contributed by atoms with E-state index in [0.29, 0.717) is 6.61 Å². The number of hydrogen-bond donors (Lipinski definition) is 0. The van der Waals surface area contributed by atoms with Crippen molar-refractivity contribution in [2.45, 2.75) is 110 Å². The summed E-state index contributed by atoms with van der Waals surface area (Å²) in [5, 5.41) is 0.286. The van der Waals surface area contributed by atoms with Crippen molar-refractivity contribution in [2.75, 3.05) is 6.61 Å². The molecule has 0 bridgehead atoms. The molecule has 0 N–H and O–H groups in total. The predicted molar refractivity (Wildman–Crippen MR) is 123 cm³/mol. The average molecular weight is 429 g/mol. The normalized spacial score (nSPS) is 25.0. The zero-order valence-corrected chi connectivity index (χ0v) is 22.2. The number of ether oxygens (including phenoxy) is 1. The van der Waals surface area contributed by atoms with Crippen LogP contribution in [0.15, 0.2) is 12.2 Å². The summed E-state index contributed by atoms with van der Waals surface area (Å²) in [6.45, 7) is 28.9. The Hall–Kier alpha value is -0.436. The second-order valence-electron chi connectivity index (χ2n) is 11.4. The average Bonchev–Trinajstić information content (AvgIpc) is 2.45. The first-order valence-electron chi connectivity index (χ1n) is 10.5. The highest BCUT2D eigenvalue weighted by molar-refractivity contribution is 6.74. The second-order valence-corrected chi connectivity index (χ2v) is 20.9. The van der Waals surface area contributed by atoms with Crippen LogP contribution in [0.2, 0.25) is 36.3 Å². The van der Waals surface area contributed by atoms with E-state index in [1.165, 1.54) is 6.92 Å². The fourth-order valence-electron chi connectivity index (χ4n) is 2.96. The minimum atomic E-state index is -1.95. The molecule has 1 rings (SSSR count). The summed E-state index contributed by atoms with van der Waals surface area (Å²) < 4.78 is 18.9. The minimum absolute atomic E-state index is 0.0371. The van der Waals surface area contributed by atoms with Crippen LogP contribution in [-0.4, -0.2) is 41.4 Å². The molecule has 1 aliphatic rings. The lowest BCUT2D eigenvalue weighted by atomic mass is 9.82. The SMILES string of the molecule is C=C1[C@@H](COC(C)=O)C[C@@H](O[Si](C)(C)C(C)(C)C)C[C@@H]1O[Si](C)(C)C(C)(C)C. The van der Waals surface area contributed by atoms with Crippen LogP contribution in [-0.2, 0) is 18.4 Å². The van der Waals surface area contributed by atoms with Crippen molar-refractivity contribution in [3.8, 4) is 0 Å². The fraction of sp³-hybridized carbons (Fsp3) is 0.864. The largest absolute Gasteiger partial charge is 0.465 e. The van der Waals surface area contributed by atoms with Crippen molar-refractivity contribution in [3.05, 3.63) is 12.2 Å². The Morgan fingerprint density at radius 1 is 0.964 bits per heavy atom. The van der Waals surface area contributed by atoms with Crippen molar-refractivity contribution in [2.24, 2.45) is 5.92 Å². The van der Waals surface area contributed by atoms with Crippen LogP contribution in [0.1, 0.15) is 61.3 Å². The van der Waals surface area contributed by atoms with Gasteiger partial charge in [0.2, 0.25) is 0 Å². The van der Waals surface area contributed by atoms with E-state index in [4.69, 9.17) is 13.6 Å². The molecule has 28 heavy (non-hydrogen) atoms. The molecule has 0 spiro atoms. The Kier molecular flexibility index (Phi) is 7.99. The van der Waals surface area contributed by atoms with Gasteiger partial charge in [-0.2, -0.15) is 0 Å². The van der Waals surface area contributed by atoms with E-state index < -0.39 is 16.6 Å². The van der Waals surface area contributed by atoms with Gasteiger partial charge >= 0.3 is 5.97 Å². The highest BCUT2D eigenvalue weighted by Crippen LogP contribution is 2.44. The molecule has 0 saturated heterocycles. The van der Waals surface area contributed by atoms with E-state index in [0.717, 1.165) is 18.4 Å². The van der Waals surface area contributed by atoms with Crippen molar-refractivity contribution in [1.29, 1.82) is 0 Å². The predicted octanol–water partition coefficient (Wildman–Crippen LogP) is 6.30. The van der Waals surface area contributed by atoms with Crippen LogP contribution >= 0.6 is 0 Å². The van der Waals surface area contributed by atoms with Crippen LogP contribution in [0, 0.1) is 5.92 Å². The van der Waals surface area contributed by atoms with Gasteiger partial charge in [-0.25, -0.2) is 0 Å². The molecule has 0 radical (unpaired) electrons. The molecule has 6 heteroatoms. The number of rotatable bonds is 6. The summed E-state index contributed by atoms with van der Waals surface area (Å²) >= 11 is 0. The maximum Gasteiger partial charge on any atom is 0.302 e. The maximum absolute atomic E-state index is 11.4. The molecule has 1 saturated carbocycles. The Bertz CT molecular complexity index is 570. The highest BCUT2D eigenvalue weighted by atomic mass is 28.4. The Labute approximate surface area is 175 Å². The molecule has 1 fully saturated rings. The molecule has 0 unspecified atom stereocenters. The molecule has 0 amide bonds. The Morgan fingerprint density at radius 2 is 1.43 bits per heavy atom. The fourth-order valence-corrected chi connectivity index (χ4v) is 5.65. The van der Waals surface area contributed by atoms with E-state index in [-0.39, 0.29) is 34.2 Å². The minimum Gasteiger partial charge on any atom is -0.465 e. The number of carbonyl (C=O) groups excluding carboxylic acids is 1. The van der Waals surface area contributed by atoms with Crippen LogP contribution in [0.5, 0.6) is 0 Å². The van der Waals surface area contributed by atoms with Crippen LogP contribution in [0.25, 0.3) is 0 Å². The quantitative estimate of drug-likeness (QED) is 0.283. The van der Waals surface area contributed by atoms with Crippen molar-refractivity contribution >= 4 is 22.6 Å². The van der Waals surface area contributed by atoms with Gasteiger partial charge in [0.05, 0.1) is 12.7 Å². The van der Waals surface area contributed by atoms with E-state index >= 15 is 0 Å². The van der Waals surface area contributed by atoms with Crippen molar-refractivity contribution in [1.82, 2.24) is 0 Å². The lowest BCUT2D eigenvalue weighted by Crippen LogP contribution is -2.50. The first-order valence-corrected chi connectivity index (χ1v) is 16.4. The highest BCUT2D eigenvalue weighted by Gasteiger charge is 2.45. The standard InChI is InChI=1S/C22H44O4Si2/c1-16-18(15-24-17(2)23)13-19(25-27(9,10)21(3,4)5)14-20(16)26-28(11,12)22(6,7)8/h18-20H,1,13-15H2,2-12H3/t18-,19-,20+/m1/s1. The third-order valence-corrected chi connectivity index (χ3v) is 16.0. The van der Waals surface area contributed by atoms with E-state index in [9.17, 15) is 4.79 Å². The van der Waals surface area contributed by atoms with Crippen molar-refractivity contribution in [3.63, 3.8) is 0 Å². The summed E-state index contributed by atoms with van der Waals surface area (Å²) in [4.78, 5) is 11.4. The van der Waals surface area contributed by atoms with Gasteiger partial charge in [0.15, 0.2) is 16.6 Å². The van der Waals surface area contributed by atoms with Gasteiger partial charge in [0.25, 0.3) is 0 Å². The zero-order valence-electron chi connectivity index (χ0n) is 20.2. The first kappa shape index (κ1) is 25.6. The summed E-state index contributed by atoms with van der Waals surface area (Å²) in [5.74, 6) is -0.163. The van der Waals surface area contributed by atoms with Crippen LogP contribution in [0.3, 0.4) is 0 Å². The summed E-state index contributed by atoms with van der Waals surface area (Å²) in [5.41, 5.74) is 1.06. The summed E-state index contributed by atoms with van der Waals surface area (Å²) in [7, 11) is -3.84. The van der Waals surface area contributed by atoms with E-state index in [2.05, 4.69) is 74.3 Å². The van der Waals surface area contributed by atoms with Gasteiger partial charge < -0.3 is 13.6 Å². The van der Waals surface area contributed by atoms with Crippen LogP contribution < -0.4 is 0 Å². The topological polar surface area (TPSA) is 44.8 Å². The molecule has 0 aromatic rings. The van der Waals surface area contributed by atoms with Gasteiger partial charge in [-0.3, -0.25) is 4.79 Å². The van der Waals surface area contributed by atoms with Gasteiger partial charge in [-0.1, -0.05) is 48.1 Å². The molecule has 0 aromatic carbocycles. The molecule has 4 nitrogen and oxygen atoms in total. The van der Waals surface area contributed by atoms with Crippen molar-refractivity contribution < 1.29 is 18.4 Å². The monoisotopic (exact) mass is 428 g/mol. The molecule has 0 aliphatic heterocycles. The molecule has 0 heterocycles. The molecular formula is C22H44O4Si2. The zero-order chi connectivity index (χ0) is 22.1. The third-order valence-electron chi connectivity index (χ3n) is 6.96. The number of esters is 1. The van der Waals surface area contributed by atoms with Gasteiger partial charge in [-0.05, 0) is 48.3 Å². The van der Waals surface area contributed by atoms with E-state index in [1.807, 2.05) is 0 Å². The molecular weight excluding hydrogens is 384 g/mol. The number of hydrogen-bond acceptors (Lipinski definition) is 4. The Morgan fingerprint density at radius 3 is 1.86 bits per heavy atom. The van der Waals surface area contributed by atoms with E-state index in [1.54, 1.807) is 0 Å². The maximum atomic E-state index is 11.4. The van der Waals surface area contributed by atoms with Crippen LogP contribution in [0.4, 0.5) is 0 Å². The lowest BCUT2D eigenvalue weighted by molar-refractivity contribution is -0.142. The number of carbonyl (C=O) groups is 1. The van der Waals surface area contributed by atoms with Gasteiger partial charge in [0.1, 0.15) is 0 Å². The first-order chi connectivity index (χ1) is 12.4. The lowest BCUT2D eigenvalue weighted by Gasteiger charge is -2.47. The third kappa shape index (κ3) is 6.54. The summed E-state index contributed by atoms with van der Waals surface area (Å²) in [6.07, 6.45) is 1.76. The molecule has 0 aromatic heterocycles. The second kappa shape index (κ2) is 8.74. The molecule has 3 atom stereocenters. The van der Waals surface area contributed by atoms with Gasteiger partial charge in [-0.15, -0.1) is 0 Å². The smallest absolute Gasteiger partial charge is 0.302 e. The van der Waals surface area contributed by atoms with Gasteiger partial charge in [0, 0.05) is 25.4 Å². The molecule has 1 aliphatic carbocycles.